The second kappa shape index (κ2) is 9.11. The molecule has 1 atom stereocenters. The fraction of sp³-hybridized carbons (Fsp3) is 0.348. The summed E-state index contributed by atoms with van der Waals surface area (Å²) < 4.78 is 65.0. The minimum Gasteiger partial charge on any atom is -0.453 e. The molecule has 1 aliphatic heterocycles. The Labute approximate surface area is 204 Å². The van der Waals surface area contributed by atoms with E-state index in [1.165, 1.54) is 12.1 Å². The van der Waals surface area contributed by atoms with Crippen LogP contribution in [0.15, 0.2) is 33.9 Å². The molecular weight excluding hydrogens is 499 g/mol. The summed E-state index contributed by atoms with van der Waals surface area (Å²) >= 11 is -1.77. The minimum atomic E-state index is -1.77. The Kier molecular flexibility index (Phi) is 6.09. The summed E-state index contributed by atoms with van der Waals surface area (Å²) in [6.45, 7) is -0.182. The van der Waals surface area contributed by atoms with Crippen molar-refractivity contribution in [3.8, 4) is 17.6 Å². The van der Waals surface area contributed by atoms with E-state index in [1.54, 1.807) is 10.4 Å². The van der Waals surface area contributed by atoms with E-state index in [4.69, 9.17) is 4.74 Å². The number of nitrogens with one attached hydrogen (secondary N) is 2. The van der Waals surface area contributed by atoms with Gasteiger partial charge in [-0.3, -0.25) is 14.1 Å². The van der Waals surface area contributed by atoms with Gasteiger partial charge in [0.2, 0.25) is 5.82 Å². The minimum absolute atomic E-state index is 0.0574. The lowest BCUT2D eigenvalue weighted by Gasteiger charge is -2.54. The molecule has 2 heterocycles. The van der Waals surface area contributed by atoms with Crippen LogP contribution in [-0.4, -0.2) is 37.8 Å². The zero-order valence-corrected chi connectivity index (χ0v) is 19.6. The molecular formula is C23H20F3N5O4S. The second-order valence-corrected chi connectivity index (χ2v) is 10.1. The maximum Gasteiger partial charge on any atom is 0.328 e. The van der Waals surface area contributed by atoms with Crippen molar-refractivity contribution in [1.29, 1.82) is 5.26 Å². The Balaban J connectivity index is 1.47. The fourth-order valence-electron chi connectivity index (χ4n) is 4.56. The first kappa shape index (κ1) is 24.1. The van der Waals surface area contributed by atoms with E-state index in [9.17, 15) is 32.2 Å². The topological polar surface area (TPSA) is 120 Å². The third-order valence-electron chi connectivity index (χ3n) is 6.64. The summed E-state index contributed by atoms with van der Waals surface area (Å²) in [4.78, 5) is 27.0. The summed E-state index contributed by atoms with van der Waals surface area (Å²) in [5.74, 6) is -3.68. The van der Waals surface area contributed by atoms with Crippen molar-refractivity contribution in [3.63, 3.8) is 0 Å². The molecule has 13 heteroatoms. The van der Waals surface area contributed by atoms with Crippen LogP contribution < -0.4 is 20.7 Å². The standard InChI is InChI=1S/C23H20F3N5O4S/c24-6-7-31-21(32)14-8-13(2-3-17(14)28-22(31)33)35-20-15(10-27)18(9-16(25)19(20)26)29-36(34)30-11-23(12-30)4-1-5-23/h2-3,8-9,29H,1,4-7,11-12H2,(H,28,33). The van der Waals surface area contributed by atoms with Crippen LogP contribution in [0.1, 0.15) is 24.8 Å². The van der Waals surface area contributed by atoms with Crippen molar-refractivity contribution in [1.82, 2.24) is 13.9 Å². The Morgan fingerprint density at radius 3 is 2.61 bits per heavy atom. The van der Waals surface area contributed by atoms with E-state index in [-0.39, 0.29) is 27.8 Å². The summed E-state index contributed by atoms with van der Waals surface area (Å²) in [5, 5.41) is 9.63. The molecule has 2 fully saturated rings. The molecule has 9 nitrogen and oxygen atoms in total. The highest BCUT2D eigenvalue weighted by Crippen LogP contribution is 2.48. The molecule has 1 spiro atoms. The van der Waals surface area contributed by atoms with E-state index in [2.05, 4.69) is 9.71 Å². The number of halogens is 3. The number of rotatable bonds is 7. The SMILES string of the molecule is N#Cc1c(NS(=O)N2CC3(CCC3)C2)cc(F)c(F)c1Oc1ccc2[nH]c(=O)n(CCF)c(=O)c2c1. The average molecular weight is 520 g/mol. The van der Waals surface area contributed by atoms with Gasteiger partial charge in [0.1, 0.15) is 24.1 Å². The molecule has 3 aromatic rings. The number of nitriles is 1. The fourth-order valence-corrected chi connectivity index (χ4v) is 5.82. The van der Waals surface area contributed by atoms with Crippen LogP contribution in [0.3, 0.4) is 0 Å². The summed E-state index contributed by atoms with van der Waals surface area (Å²) in [5.41, 5.74) is -1.91. The lowest BCUT2D eigenvalue weighted by Crippen LogP contribution is -2.60. The van der Waals surface area contributed by atoms with E-state index in [0.29, 0.717) is 17.7 Å². The number of fused-ring (bicyclic) bond motifs is 1. The van der Waals surface area contributed by atoms with Crippen molar-refractivity contribution in [3.05, 3.63) is 62.3 Å². The third-order valence-corrected chi connectivity index (χ3v) is 7.76. The summed E-state index contributed by atoms with van der Waals surface area (Å²) in [6.07, 6.45) is 3.25. The van der Waals surface area contributed by atoms with Crippen molar-refractivity contribution >= 4 is 27.8 Å². The van der Waals surface area contributed by atoms with Gasteiger partial charge in [-0.25, -0.2) is 22.1 Å². The number of aromatic amines is 1. The number of alkyl halides is 1. The normalized spacial score (nSPS) is 17.3. The van der Waals surface area contributed by atoms with Crippen molar-refractivity contribution in [2.45, 2.75) is 25.8 Å². The number of hydrogen-bond donors (Lipinski definition) is 2. The molecule has 188 valence electrons. The van der Waals surface area contributed by atoms with Crippen LogP contribution in [0.5, 0.6) is 11.5 Å². The highest BCUT2D eigenvalue weighted by atomic mass is 32.2. The van der Waals surface area contributed by atoms with Gasteiger partial charge in [-0.2, -0.15) is 9.65 Å². The Bertz CT molecular complexity index is 1550. The first-order chi connectivity index (χ1) is 17.2. The van der Waals surface area contributed by atoms with Gasteiger partial charge in [-0.1, -0.05) is 6.42 Å². The first-order valence-electron chi connectivity index (χ1n) is 11.1. The number of nitrogens with zero attached hydrogens (tertiary/aromatic N) is 3. The van der Waals surface area contributed by atoms with E-state index >= 15 is 0 Å². The molecule has 2 N–H and O–H groups in total. The van der Waals surface area contributed by atoms with Crippen molar-refractivity contribution in [2.75, 3.05) is 24.5 Å². The smallest absolute Gasteiger partial charge is 0.328 e. The Morgan fingerprint density at radius 2 is 1.97 bits per heavy atom. The molecule has 1 aromatic heterocycles. The summed E-state index contributed by atoms with van der Waals surface area (Å²) in [6, 6.07) is 6.24. The summed E-state index contributed by atoms with van der Waals surface area (Å²) in [7, 11) is 0. The molecule has 36 heavy (non-hydrogen) atoms. The number of anilines is 1. The molecule has 2 aliphatic rings. The lowest BCUT2D eigenvalue weighted by atomic mass is 9.65. The average Bonchev–Trinajstić information content (AvgIpc) is 2.78. The molecule has 1 saturated heterocycles. The largest absolute Gasteiger partial charge is 0.453 e. The third kappa shape index (κ3) is 4.06. The second-order valence-electron chi connectivity index (χ2n) is 8.92. The van der Waals surface area contributed by atoms with Gasteiger partial charge in [0.25, 0.3) is 5.56 Å². The molecule has 1 unspecified atom stereocenters. The molecule has 2 aromatic carbocycles. The van der Waals surface area contributed by atoms with Gasteiger partial charge >= 0.3 is 5.69 Å². The lowest BCUT2D eigenvalue weighted by molar-refractivity contribution is -0.00450. The van der Waals surface area contributed by atoms with Gasteiger partial charge in [0, 0.05) is 19.2 Å². The van der Waals surface area contributed by atoms with E-state index in [0.717, 1.165) is 31.4 Å². The van der Waals surface area contributed by atoms with Crippen LogP contribution in [0.25, 0.3) is 10.9 Å². The highest BCUT2D eigenvalue weighted by molar-refractivity contribution is 7.84. The van der Waals surface area contributed by atoms with E-state index in [1.807, 2.05) is 0 Å². The maximum absolute atomic E-state index is 14.7. The van der Waals surface area contributed by atoms with Crippen LogP contribution in [0, 0.1) is 28.4 Å². The number of aromatic nitrogens is 2. The van der Waals surface area contributed by atoms with Crippen LogP contribution >= 0.6 is 0 Å². The number of ether oxygens (including phenoxy) is 1. The molecule has 1 saturated carbocycles. The predicted octanol–water partition coefficient (Wildman–Crippen LogP) is 3.08. The maximum atomic E-state index is 14.7. The zero-order valence-electron chi connectivity index (χ0n) is 18.8. The molecule has 0 radical (unpaired) electrons. The number of benzene rings is 2. The molecule has 1 aliphatic carbocycles. The van der Waals surface area contributed by atoms with Gasteiger partial charge < -0.3 is 9.72 Å². The zero-order chi connectivity index (χ0) is 25.6. The molecule has 5 rings (SSSR count). The number of H-pyrrole nitrogens is 1. The quantitative estimate of drug-likeness (QED) is 0.497. The van der Waals surface area contributed by atoms with E-state index < -0.39 is 58.6 Å². The monoisotopic (exact) mass is 519 g/mol. The predicted molar refractivity (Wildman–Crippen MR) is 126 cm³/mol. The van der Waals surface area contributed by atoms with Crippen LogP contribution in [-0.2, 0) is 17.7 Å². The molecule has 0 amide bonds. The van der Waals surface area contributed by atoms with Gasteiger partial charge in [-0.05, 0) is 36.5 Å². The van der Waals surface area contributed by atoms with Crippen LogP contribution in [0.4, 0.5) is 18.9 Å². The van der Waals surface area contributed by atoms with Gasteiger partial charge in [0.15, 0.2) is 22.7 Å². The van der Waals surface area contributed by atoms with Gasteiger partial charge in [-0.15, -0.1) is 0 Å². The van der Waals surface area contributed by atoms with Crippen molar-refractivity contribution < 1.29 is 22.1 Å². The Morgan fingerprint density at radius 1 is 1.22 bits per heavy atom. The van der Waals surface area contributed by atoms with Gasteiger partial charge in [0.05, 0.1) is 23.1 Å². The Hall–Kier alpha value is -3.63. The molecule has 0 bridgehead atoms. The first-order valence-corrected chi connectivity index (χ1v) is 12.2. The number of hydrogen-bond acceptors (Lipinski definition) is 5. The van der Waals surface area contributed by atoms with Crippen LogP contribution in [0.2, 0.25) is 0 Å². The highest BCUT2D eigenvalue weighted by Gasteiger charge is 2.49. The van der Waals surface area contributed by atoms with Crippen molar-refractivity contribution in [2.24, 2.45) is 5.41 Å².